The molecule has 1 amide bonds. The number of amides is 1. The molecule has 1 unspecified atom stereocenters. The van der Waals surface area contributed by atoms with E-state index in [0.29, 0.717) is 12.5 Å². The van der Waals surface area contributed by atoms with Gasteiger partial charge in [-0.15, -0.1) is 0 Å². The molecule has 0 aliphatic carbocycles. The van der Waals surface area contributed by atoms with Gasteiger partial charge in [-0.05, 0) is 24.2 Å². The van der Waals surface area contributed by atoms with Crippen LogP contribution in [0.5, 0.6) is 0 Å². The van der Waals surface area contributed by atoms with Gasteiger partial charge in [-0.1, -0.05) is 20.8 Å². The zero-order chi connectivity index (χ0) is 12.2. The van der Waals surface area contributed by atoms with Gasteiger partial charge in [-0.2, -0.15) is 0 Å². The third-order valence-electron chi connectivity index (χ3n) is 3.04. The highest BCUT2D eigenvalue weighted by atomic mass is 16.5. The first-order valence-electron chi connectivity index (χ1n) is 6.02. The lowest BCUT2D eigenvalue weighted by Gasteiger charge is -2.27. The maximum absolute atomic E-state index is 11.8. The second-order valence-corrected chi connectivity index (χ2v) is 5.67. The van der Waals surface area contributed by atoms with E-state index in [1.165, 1.54) is 0 Å². The number of rotatable bonds is 3. The Kier molecular flexibility index (Phi) is 4.74. The van der Waals surface area contributed by atoms with Crippen molar-refractivity contribution in [1.82, 2.24) is 5.32 Å². The molecule has 16 heavy (non-hydrogen) atoms. The molecule has 1 aliphatic rings. The molecule has 1 aliphatic heterocycles. The normalized spacial score (nSPS) is 23.9. The van der Waals surface area contributed by atoms with Crippen molar-refractivity contribution in [2.45, 2.75) is 39.7 Å². The van der Waals surface area contributed by atoms with Crippen molar-refractivity contribution in [1.29, 1.82) is 0 Å². The molecule has 1 saturated heterocycles. The average Bonchev–Trinajstić information content (AvgIpc) is 2.25. The Bertz CT molecular complexity index is 230. The van der Waals surface area contributed by atoms with Gasteiger partial charge in [-0.25, -0.2) is 0 Å². The summed E-state index contributed by atoms with van der Waals surface area (Å²) in [6, 6.07) is -0.447. The molecule has 0 saturated carbocycles. The van der Waals surface area contributed by atoms with Gasteiger partial charge in [0.25, 0.3) is 0 Å². The lowest BCUT2D eigenvalue weighted by atomic mass is 9.87. The fraction of sp³-hybridized carbons (Fsp3) is 0.917. The highest BCUT2D eigenvalue weighted by molar-refractivity contribution is 5.82. The van der Waals surface area contributed by atoms with Crippen LogP contribution in [-0.4, -0.2) is 31.7 Å². The predicted octanol–water partition coefficient (Wildman–Crippen LogP) is 0.903. The van der Waals surface area contributed by atoms with E-state index in [-0.39, 0.29) is 11.3 Å². The van der Waals surface area contributed by atoms with Gasteiger partial charge in [0.1, 0.15) is 0 Å². The molecule has 1 heterocycles. The van der Waals surface area contributed by atoms with Crippen LogP contribution >= 0.6 is 0 Å². The molecule has 0 aromatic heterocycles. The van der Waals surface area contributed by atoms with E-state index in [1.807, 2.05) is 20.8 Å². The van der Waals surface area contributed by atoms with Gasteiger partial charge < -0.3 is 15.8 Å². The lowest BCUT2D eigenvalue weighted by Crippen LogP contribution is -2.49. The summed E-state index contributed by atoms with van der Waals surface area (Å²) in [6.07, 6.45) is 2.22. The molecule has 3 N–H and O–H groups in total. The van der Waals surface area contributed by atoms with E-state index in [9.17, 15) is 4.79 Å². The molecule has 0 aromatic rings. The summed E-state index contributed by atoms with van der Waals surface area (Å²) in [4.78, 5) is 11.8. The van der Waals surface area contributed by atoms with Gasteiger partial charge in [-0.3, -0.25) is 4.79 Å². The van der Waals surface area contributed by atoms with E-state index in [4.69, 9.17) is 10.5 Å². The minimum atomic E-state index is -0.447. The Morgan fingerprint density at radius 1 is 1.56 bits per heavy atom. The monoisotopic (exact) mass is 228 g/mol. The fourth-order valence-electron chi connectivity index (χ4n) is 1.72. The molecule has 4 nitrogen and oxygen atoms in total. The Balaban J connectivity index is 2.29. The van der Waals surface area contributed by atoms with E-state index < -0.39 is 6.04 Å². The summed E-state index contributed by atoms with van der Waals surface area (Å²) >= 11 is 0. The topological polar surface area (TPSA) is 64.4 Å². The molecule has 0 radical (unpaired) electrons. The van der Waals surface area contributed by atoms with Crippen molar-refractivity contribution >= 4 is 5.91 Å². The first kappa shape index (κ1) is 13.5. The predicted molar refractivity (Wildman–Crippen MR) is 64.0 cm³/mol. The highest BCUT2D eigenvalue weighted by Crippen LogP contribution is 2.17. The van der Waals surface area contributed by atoms with Crippen LogP contribution in [0.15, 0.2) is 0 Å². The molecule has 0 spiro atoms. The van der Waals surface area contributed by atoms with E-state index in [0.717, 1.165) is 26.1 Å². The van der Waals surface area contributed by atoms with Crippen LogP contribution in [0.2, 0.25) is 0 Å². The van der Waals surface area contributed by atoms with Gasteiger partial charge >= 0.3 is 0 Å². The summed E-state index contributed by atoms with van der Waals surface area (Å²) in [5.41, 5.74) is 5.68. The van der Waals surface area contributed by atoms with Crippen LogP contribution in [0.25, 0.3) is 0 Å². The summed E-state index contributed by atoms with van der Waals surface area (Å²) in [7, 11) is 0. The minimum Gasteiger partial charge on any atom is -0.381 e. The van der Waals surface area contributed by atoms with Gasteiger partial charge in [0.2, 0.25) is 5.91 Å². The standard InChI is InChI=1S/C12H24N2O2/c1-12(2,3)10(13)11(15)14-7-9-5-4-6-16-8-9/h9-10H,4-8,13H2,1-3H3,(H,14,15)/t9?,10-/m0/s1. The Hall–Kier alpha value is -0.610. The Labute approximate surface area is 97.9 Å². The number of nitrogens with two attached hydrogens (primary N) is 1. The summed E-state index contributed by atoms with van der Waals surface area (Å²) < 4.78 is 5.36. The van der Waals surface area contributed by atoms with Crippen molar-refractivity contribution in [2.75, 3.05) is 19.8 Å². The Morgan fingerprint density at radius 3 is 2.75 bits per heavy atom. The van der Waals surface area contributed by atoms with Crippen LogP contribution in [0, 0.1) is 11.3 Å². The molecular weight excluding hydrogens is 204 g/mol. The van der Waals surface area contributed by atoms with E-state index in [1.54, 1.807) is 0 Å². The summed E-state index contributed by atoms with van der Waals surface area (Å²) in [5, 5.41) is 2.91. The third-order valence-corrected chi connectivity index (χ3v) is 3.04. The summed E-state index contributed by atoms with van der Waals surface area (Å²) in [5.74, 6) is 0.392. The van der Waals surface area contributed by atoms with Crippen molar-refractivity contribution in [3.63, 3.8) is 0 Å². The molecule has 0 aromatic carbocycles. The largest absolute Gasteiger partial charge is 0.381 e. The van der Waals surface area contributed by atoms with Gasteiger partial charge in [0.15, 0.2) is 0 Å². The van der Waals surface area contributed by atoms with E-state index in [2.05, 4.69) is 5.32 Å². The van der Waals surface area contributed by atoms with Crippen molar-refractivity contribution in [2.24, 2.45) is 17.1 Å². The van der Waals surface area contributed by atoms with Crippen LogP contribution in [0.4, 0.5) is 0 Å². The number of carbonyl (C=O) groups is 1. The number of carbonyl (C=O) groups excluding carboxylic acids is 1. The SMILES string of the molecule is CC(C)(C)[C@@H](N)C(=O)NCC1CCCOC1. The summed E-state index contributed by atoms with van der Waals surface area (Å²) in [6.45, 7) is 8.21. The van der Waals surface area contributed by atoms with E-state index >= 15 is 0 Å². The molecule has 4 heteroatoms. The van der Waals surface area contributed by atoms with Crippen molar-refractivity contribution in [3.05, 3.63) is 0 Å². The molecule has 1 fully saturated rings. The number of hydrogen-bond donors (Lipinski definition) is 2. The maximum Gasteiger partial charge on any atom is 0.237 e. The van der Waals surface area contributed by atoms with Crippen LogP contribution in [0.3, 0.4) is 0 Å². The quantitative estimate of drug-likeness (QED) is 0.754. The smallest absolute Gasteiger partial charge is 0.237 e. The number of nitrogens with one attached hydrogen (secondary N) is 1. The third kappa shape index (κ3) is 4.10. The maximum atomic E-state index is 11.8. The molecule has 0 bridgehead atoms. The molecular formula is C12H24N2O2. The molecule has 1 rings (SSSR count). The second-order valence-electron chi connectivity index (χ2n) is 5.67. The molecule has 94 valence electrons. The first-order chi connectivity index (χ1) is 7.41. The molecule has 2 atom stereocenters. The van der Waals surface area contributed by atoms with Crippen molar-refractivity contribution in [3.8, 4) is 0 Å². The van der Waals surface area contributed by atoms with Crippen LogP contribution < -0.4 is 11.1 Å². The average molecular weight is 228 g/mol. The second kappa shape index (κ2) is 5.64. The van der Waals surface area contributed by atoms with Crippen LogP contribution in [0.1, 0.15) is 33.6 Å². The zero-order valence-corrected chi connectivity index (χ0v) is 10.6. The highest BCUT2D eigenvalue weighted by Gasteiger charge is 2.27. The number of hydrogen-bond acceptors (Lipinski definition) is 3. The van der Waals surface area contributed by atoms with Crippen LogP contribution in [-0.2, 0) is 9.53 Å². The number of ether oxygens (including phenoxy) is 1. The van der Waals surface area contributed by atoms with Gasteiger partial charge in [0.05, 0.1) is 12.6 Å². The minimum absolute atomic E-state index is 0.0573. The van der Waals surface area contributed by atoms with Gasteiger partial charge in [0, 0.05) is 13.2 Å². The first-order valence-corrected chi connectivity index (χ1v) is 6.02. The fourth-order valence-corrected chi connectivity index (χ4v) is 1.72. The van der Waals surface area contributed by atoms with Crippen molar-refractivity contribution < 1.29 is 9.53 Å². The lowest BCUT2D eigenvalue weighted by molar-refractivity contribution is -0.124. The zero-order valence-electron chi connectivity index (χ0n) is 10.6. The Morgan fingerprint density at radius 2 is 2.25 bits per heavy atom.